The number of benzene rings is 1. The van der Waals surface area contributed by atoms with Crippen molar-refractivity contribution in [3.8, 4) is 0 Å². The number of sulfone groups is 1. The second-order valence-corrected chi connectivity index (χ2v) is 10.9. The Kier molecular flexibility index (Phi) is 5.01. The Morgan fingerprint density at radius 2 is 2.00 bits per heavy atom. The lowest BCUT2D eigenvalue weighted by molar-refractivity contribution is 0.353. The van der Waals surface area contributed by atoms with Crippen molar-refractivity contribution in [3.05, 3.63) is 34.5 Å². The van der Waals surface area contributed by atoms with Gasteiger partial charge in [-0.25, -0.2) is 8.42 Å². The molecular weight excluding hydrogens is 360 g/mol. The summed E-state index contributed by atoms with van der Waals surface area (Å²) in [6.07, 6.45) is 0. The van der Waals surface area contributed by atoms with E-state index < -0.39 is 14.6 Å². The number of aliphatic imine (C=N–C) groups is 1. The molecule has 148 valence electrons. The maximum absolute atomic E-state index is 12.3. The number of aromatic nitrogens is 1. The van der Waals surface area contributed by atoms with E-state index in [9.17, 15) is 8.42 Å². The van der Waals surface area contributed by atoms with Crippen LogP contribution in [0.15, 0.2) is 17.1 Å². The molecule has 27 heavy (non-hydrogen) atoms. The highest BCUT2D eigenvalue weighted by atomic mass is 32.2. The number of fused-ring (bicyclic) bond motifs is 1. The third-order valence-corrected chi connectivity index (χ3v) is 8.17. The van der Waals surface area contributed by atoms with Gasteiger partial charge in [-0.1, -0.05) is 11.6 Å². The van der Waals surface area contributed by atoms with E-state index in [2.05, 4.69) is 48.2 Å². The lowest BCUT2D eigenvalue weighted by atomic mass is 10.0. The summed E-state index contributed by atoms with van der Waals surface area (Å²) >= 11 is 0. The Morgan fingerprint density at radius 1 is 1.30 bits per heavy atom. The van der Waals surface area contributed by atoms with Gasteiger partial charge in [-0.15, -0.1) is 0 Å². The number of H-pyrrole nitrogens is 1. The average molecular weight is 391 g/mol. The Morgan fingerprint density at radius 3 is 2.63 bits per heavy atom. The first kappa shape index (κ1) is 19.7. The van der Waals surface area contributed by atoms with E-state index in [1.807, 2.05) is 4.90 Å². The molecule has 0 atom stereocenters. The summed E-state index contributed by atoms with van der Waals surface area (Å²) < 4.78 is 23.8. The zero-order valence-corrected chi connectivity index (χ0v) is 17.9. The number of hydrogen-bond acceptors (Lipinski definition) is 3. The summed E-state index contributed by atoms with van der Waals surface area (Å²) in [6, 6.07) is 4.40. The number of hydrogen-bond donors (Lipinski definition) is 2. The average Bonchev–Trinajstić information content (AvgIpc) is 2.86. The van der Waals surface area contributed by atoms with Crippen molar-refractivity contribution in [2.45, 2.75) is 45.9 Å². The quantitative estimate of drug-likeness (QED) is 0.610. The third kappa shape index (κ3) is 3.57. The highest BCUT2D eigenvalue weighted by molar-refractivity contribution is 7.92. The predicted molar refractivity (Wildman–Crippen MR) is 112 cm³/mol. The monoisotopic (exact) mass is 390 g/mol. The number of nitrogens with one attached hydrogen (secondary N) is 2. The maximum Gasteiger partial charge on any atom is 0.193 e. The molecule has 2 N–H and O–H groups in total. The van der Waals surface area contributed by atoms with Gasteiger partial charge in [-0.3, -0.25) is 4.99 Å². The Bertz CT molecular complexity index is 1000. The number of guanidine groups is 1. The molecule has 2 aromatic rings. The van der Waals surface area contributed by atoms with E-state index in [1.54, 1.807) is 20.9 Å². The van der Waals surface area contributed by atoms with Crippen LogP contribution in [0.3, 0.4) is 0 Å². The number of aromatic amines is 1. The van der Waals surface area contributed by atoms with Crippen LogP contribution in [0.5, 0.6) is 0 Å². The molecule has 1 aromatic heterocycles. The molecule has 0 spiro atoms. The van der Waals surface area contributed by atoms with Gasteiger partial charge in [-0.05, 0) is 51.8 Å². The summed E-state index contributed by atoms with van der Waals surface area (Å²) in [4.78, 5) is 9.93. The summed E-state index contributed by atoms with van der Waals surface area (Å²) in [7, 11) is -1.33. The molecule has 1 saturated heterocycles. The summed E-state index contributed by atoms with van der Waals surface area (Å²) in [5.41, 5.74) is 6.03. The van der Waals surface area contributed by atoms with Gasteiger partial charge < -0.3 is 15.2 Å². The molecule has 1 aliphatic heterocycles. The van der Waals surface area contributed by atoms with E-state index in [-0.39, 0.29) is 5.75 Å². The molecule has 1 fully saturated rings. The minimum atomic E-state index is -3.07. The first-order valence-corrected chi connectivity index (χ1v) is 11.0. The van der Waals surface area contributed by atoms with Gasteiger partial charge in [0.05, 0.1) is 16.0 Å². The first-order chi connectivity index (χ1) is 12.6. The smallest absolute Gasteiger partial charge is 0.193 e. The van der Waals surface area contributed by atoms with Gasteiger partial charge in [0.2, 0.25) is 0 Å². The third-order valence-electron chi connectivity index (χ3n) is 5.64. The zero-order chi connectivity index (χ0) is 20.0. The molecule has 1 aromatic carbocycles. The van der Waals surface area contributed by atoms with Crippen molar-refractivity contribution in [3.63, 3.8) is 0 Å². The zero-order valence-electron chi connectivity index (χ0n) is 17.1. The normalized spacial score (nSPS) is 19.5. The van der Waals surface area contributed by atoms with Crippen molar-refractivity contribution in [1.82, 2.24) is 15.2 Å². The van der Waals surface area contributed by atoms with Crippen molar-refractivity contribution in [1.29, 1.82) is 0 Å². The first-order valence-electron chi connectivity index (χ1n) is 9.32. The second-order valence-electron chi connectivity index (χ2n) is 8.12. The molecule has 3 rings (SSSR count). The van der Waals surface area contributed by atoms with E-state index >= 15 is 0 Å². The summed E-state index contributed by atoms with van der Waals surface area (Å²) in [6.45, 7) is 11.5. The minimum absolute atomic E-state index is 0.157. The molecule has 0 radical (unpaired) electrons. The summed E-state index contributed by atoms with van der Waals surface area (Å²) in [5.74, 6) is 0.900. The largest absolute Gasteiger partial charge is 0.358 e. The van der Waals surface area contributed by atoms with Crippen LogP contribution in [0, 0.1) is 20.8 Å². The molecule has 7 heteroatoms. The molecule has 6 nitrogen and oxygen atoms in total. The predicted octanol–water partition coefficient (Wildman–Crippen LogP) is 2.68. The Labute approximate surface area is 162 Å². The van der Waals surface area contributed by atoms with E-state index in [0.717, 1.165) is 11.5 Å². The van der Waals surface area contributed by atoms with Crippen molar-refractivity contribution in [2.75, 3.05) is 25.9 Å². The van der Waals surface area contributed by atoms with Crippen molar-refractivity contribution in [2.24, 2.45) is 4.99 Å². The van der Waals surface area contributed by atoms with Crippen LogP contribution in [0.2, 0.25) is 0 Å². The molecule has 1 aliphatic rings. The lowest BCUT2D eigenvalue weighted by Crippen LogP contribution is -2.57. The highest BCUT2D eigenvalue weighted by Crippen LogP contribution is 2.27. The fourth-order valence-corrected chi connectivity index (χ4v) is 5.12. The molecule has 0 saturated carbocycles. The standard InChI is InChI=1S/C20H30N4O2S/c1-13-9-16(18-17(10-13)14(2)15(3)23-18)11-22-19(21-6)24-7-8-27(25,26)20(4,5)12-24/h9-10,23H,7-8,11-12H2,1-6H3,(H,21,22). The van der Waals surface area contributed by atoms with Crippen molar-refractivity contribution >= 4 is 26.7 Å². The van der Waals surface area contributed by atoms with Crippen LogP contribution in [-0.2, 0) is 16.4 Å². The van der Waals surface area contributed by atoms with Crippen LogP contribution in [0.1, 0.15) is 36.2 Å². The SMILES string of the molecule is CN=C(NCc1cc(C)cc2c(C)c(C)[nH]c12)N1CCS(=O)(=O)C(C)(C)C1. The van der Waals surface area contributed by atoms with Crippen LogP contribution < -0.4 is 5.32 Å². The Balaban J connectivity index is 1.82. The lowest BCUT2D eigenvalue weighted by Gasteiger charge is -2.39. The number of aryl methyl sites for hydroxylation is 3. The van der Waals surface area contributed by atoms with Crippen LogP contribution in [0.4, 0.5) is 0 Å². The van der Waals surface area contributed by atoms with E-state index in [0.29, 0.717) is 19.6 Å². The molecule has 0 bridgehead atoms. The van der Waals surface area contributed by atoms with Gasteiger partial charge in [-0.2, -0.15) is 0 Å². The number of nitrogens with zero attached hydrogens (tertiary/aromatic N) is 2. The van der Waals surface area contributed by atoms with Crippen LogP contribution in [-0.4, -0.2) is 54.9 Å². The summed E-state index contributed by atoms with van der Waals surface area (Å²) in [5, 5.41) is 4.68. The van der Waals surface area contributed by atoms with Gasteiger partial charge in [0.25, 0.3) is 0 Å². The fraction of sp³-hybridized carbons (Fsp3) is 0.550. The molecule has 0 unspecified atom stereocenters. The van der Waals surface area contributed by atoms with E-state index in [4.69, 9.17) is 0 Å². The molecule has 0 amide bonds. The van der Waals surface area contributed by atoms with Gasteiger partial charge >= 0.3 is 0 Å². The molecule has 0 aliphatic carbocycles. The van der Waals surface area contributed by atoms with Crippen molar-refractivity contribution < 1.29 is 8.42 Å². The topological polar surface area (TPSA) is 77.6 Å². The highest BCUT2D eigenvalue weighted by Gasteiger charge is 2.40. The maximum atomic E-state index is 12.3. The van der Waals surface area contributed by atoms with E-state index in [1.165, 1.54) is 27.8 Å². The van der Waals surface area contributed by atoms with Gasteiger partial charge in [0.15, 0.2) is 15.8 Å². The van der Waals surface area contributed by atoms with Gasteiger partial charge in [0, 0.05) is 37.8 Å². The van der Waals surface area contributed by atoms with Gasteiger partial charge in [0.1, 0.15) is 0 Å². The molecular formula is C20H30N4O2S. The number of rotatable bonds is 2. The van der Waals surface area contributed by atoms with Crippen LogP contribution >= 0.6 is 0 Å². The fourth-order valence-electron chi connectivity index (χ4n) is 3.76. The second kappa shape index (κ2) is 6.86. The minimum Gasteiger partial charge on any atom is -0.358 e. The molecule has 2 heterocycles. The van der Waals surface area contributed by atoms with Crippen LogP contribution in [0.25, 0.3) is 10.9 Å². The Hall–Kier alpha value is -2.02.